The summed E-state index contributed by atoms with van der Waals surface area (Å²) in [5.74, 6) is 0. The van der Waals surface area contributed by atoms with Gasteiger partial charge in [-0.3, -0.25) is 0 Å². The van der Waals surface area contributed by atoms with Gasteiger partial charge in [0.1, 0.15) is 4.93 Å². The van der Waals surface area contributed by atoms with Crippen molar-refractivity contribution in [3.63, 3.8) is 0 Å². The van der Waals surface area contributed by atoms with Crippen LogP contribution in [0.5, 0.6) is 0 Å². The SMILES string of the molecule is Cc1cc2c(cc1Cc1cccs1)[C@]1(CC(O)CC(CO)S1)OC2. The van der Waals surface area contributed by atoms with E-state index >= 15 is 0 Å². The quantitative estimate of drug-likeness (QED) is 0.876. The Balaban J connectivity index is 1.71. The molecule has 3 nitrogen and oxygen atoms in total. The summed E-state index contributed by atoms with van der Waals surface area (Å²) in [7, 11) is 0. The number of hydrogen-bond acceptors (Lipinski definition) is 5. The number of aliphatic hydroxyl groups is 2. The fourth-order valence-corrected chi connectivity index (χ4v) is 6.18. The smallest absolute Gasteiger partial charge is 0.142 e. The van der Waals surface area contributed by atoms with Gasteiger partial charge >= 0.3 is 0 Å². The molecule has 0 bridgehead atoms. The van der Waals surface area contributed by atoms with Gasteiger partial charge in [-0.15, -0.1) is 23.1 Å². The molecule has 24 heavy (non-hydrogen) atoms. The predicted molar refractivity (Wildman–Crippen MR) is 98.5 cm³/mol. The minimum Gasteiger partial charge on any atom is -0.395 e. The summed E-state index contributed by atoms with van der Waals surface area (Å²) in [5.41, 5.74) is 5.03. The summed E-state index contributed by atoms with van der Waals surface area (Å²) >= 11 is 3.46. The van der Waals surface area contributed by atoms with E-state index in [9.17, 15) is 10.2 Å². The number of hydrogen-bond donors (Lipinski definition) is 2. The van der Waals surface area contributed by atoms with E-state index in [0.29, 0.717) is 19.4 Å². The first kappa shape index (κ1) is 16.6. The molecule has 0 saturated carbocycles. The number of ether oxygens (including phenoxy) is 1. The van der Waals surface area contributed by atoms with Crippen molar-refractivity contribution < 1.29 is 14.9 Å². The number of aliphatic hydroxyl groups excluding tert-OH is 2. The van der Waals surface area contributed by atoms with Crippen molar-refractivity contribution >= 4 is 23.1 Å². The molecular formula is C19H22O3S2. The number of thioether (sulfide) groups is 1. The number of rotatable bonds is 3. The second kappa shape index (κ2) is 6.46. The van der Waals surface area contributed by atoms with Crippen LogP contribution in [-0.4, -0.2) is 28.2 Å². The molecule has 2 N–H and O–H groups in total. The predicted octanol–water partition coefficient (Wildman–Crippen LogP) is 3.58. The molecule has 3 atom stereocenters. The van der Waals surface area contributed by atoms with Gasteiger partial charge in [-0.05, 0) is 47.0 Å². The molecule has 0 radical (unpaired) electrons. The second-order valence-corrected chi connectivity index (χ2v) is 9.34. The van der Waals surface area contributed by atoms with Crippen molar-refractivity contribution in [2.75, 3.05) is 6.61 Å². The normalized spacial score (nSPS) is 29.1. The first-order valence-electron chi connectivity index (χ1n) is 8.35. The van der Waals surface area contributed by atoms with Crippen molar-refractivity contribution in [2.24, 2.45) is 0 Å². The number of thiophene rings is 1. The third-order valence-corrected chi connectivity index (χ3v) is 7.41. The van der Waals surface area contributed by atoms with Gasteiger partial charge < -0.3 is 14.9 Å². The fourth-order valence-electron chi connectivity index (χ4n) is 3.79. The van der Waals surface area contributed by atoms with Crippen LogP contribution < -0.4 is 0 Å². The van der Waals surface area contributed by atoms with Crippen molar-refractivity contribution in [3.8, 4) is 0 Å². The minimum absolute atomic E-state index is 0.0294. The molecule has 0 aliphatic carbocycles. The molecule has 2 aromatic rings. The first-order valence-corrected chi connectivity index (χ1v) is 10.1. The zero-order valence-electron chi connectivity index (χ0n) is 13.7. The van der Waals surface area contributed by atoms with Crippen molar-refractivity contribution in [1.82, 2.24) is 0 Å². The van der Waals surface area contributed by atoms with E-state index in [0.717, 1.165) is 6.42 Å². The van der Waals surface area contributed by atoms with Crippen LogP contribution in [0.25, 0.3) is 0 Å². The molecule has 2 aliphatic rings. The molecule has 128 valence electrons. The van der Waals surface area contributed by atoms with E-state index in [1.807, 2.05) is 0 Å². The zero-order valence-corrected chi connectivity index (χ0v) is 15.3. The highest BCUT2D eigenvalue weighted by Crippen LogP contribution is 2.54. The lowest BCUT2D eigenvalue weighted by Gasteiger charge is -2.39. The van der Waals surface area contributed by atoms with Gasteiger partial charge in [0.2, 0.25) is 0 Å². The van der Waals surface area contributed by atoms with Crippen LogP contribution in [0.15, 0.2) is 29.6 Å². The van der Waals surface area contributed by atoms with Crippen LogP contribution in [-0.2, 0) is 22.7 Å². The number of aryl methyl sites for hydroxylation is 1. The third kappa shape index (κ3) is 2.93. The second-order valence-electron chi connectivity index (χ2n) is 6.75. The summed E-state index contributed by atoms with van der Waals surface area (Å²) in [6, 6.07) is 8.77. The van der Waals surface area contributed by atoms with E-state index in [1.54, 1.807) is 23.1 Å². The van der Waals surface area contributed by atoms with Gasteiger partial charge in [-0.25, -0.2) is 0 Å². The third-order valence-electron chi connectivity index (χ3n) is 4.98. The summed E-state index contributed by atoms with van der Waals surface area (Å²) in [6.45, 7) is 2.83. The lowest BCUT2D eigenvalue weighted by Crippen LogP contribution is -2.38. The standard InChI is InChI=1S/C19H22O3S2/c1-12-5-14-11-22-19(9-15(21)8-17(10-20)24-19)18(14)7-13(12)6-16-3-2-4-23-16/h2-5,7,15,17,20-21H,6,8-11H2,1H3/t15?,17?,19-/m1/s1. The van der Waals surface area contributed by atoms with E-state index in [-0.39, 0.29) is 11.9 Å². The molecule has 3 heterocycles. The minimum atomic E-state index is -0.502. The highest BCUT2D eigenvalue weighted by atomic mass is 32.2. The molecule has 1 spiro atoms. The molecule has 1 aromatic carbocycles. The number of benzene rings is 1. The number of fused-ring (bicyclic) bond motifs is 2. The Labute approximate surface area is 150 Å². The van der Waals surface area contributed by atoms with Gasteiger partial charge in [0, 0.05) is 23.0 Å². The van der Waals surface area contributed by atoms with E-state index < -0.39 is 11.0 Å². The zero-order chi connectivity index (χ0) is 16.7. The monoisotopic (exact) mass is 362 g/mol. The molecule has 2 unspecified atom stereocenters. The Bertz CT molecular complexity index is 728. The van der Waals surface area contributed by atoms with E-state index in [2.05, 4.69) is 36.6 Å². The highest BCUT2D eigenvalue weighted by Gasteiger charge is 2.47. The average Bonchev–Trinajstić information content (AvgIpc) is 3.17. The van der Waals surface area contributed by atoms with Crippen molar-refractivity contribution in [1.29, 1.82) is 0 Å². The van der Waals surface area contributed by atoms with Crippen LogP contribution in [0, 0.1) is 6.92 Å². The topological polar surface area (TPSA) is 49.7 Å². The Kier molecular flexibility index (Phi) is 4.47. The van der Waals surface area contributed by atoms with Gasteiger partial charge in [-0.1, -0.05) is 18.2 Å². The Morgan fingerprint density at radius 2 is 2.25 bits per heavy atom. The van der Waals surface area contributed by atoms with Crippen molar-refractivity contribution in [3.05, 3.63) is 56.8 Å². The van der Waals surface area contributed by atoms with Gasteiger partial charge in [0.25, 0.3) is 0 Å². The fraction of sp³-hybridized carbons (Fsp3) is 0.474. The van der Waals surface area contributed by atoms with Crippen LogP contribution in [0.3, 0.4) is 0 Å². The maximum Gasteiger partial charge on any atom is 0.142 e. The summed E-state index contributed by atoms with van der Waals surface area (Å²) in [6.07, 6.45) is 1.75. The molecule has 4 rings (SSSR count). The van der Waals surface area contributed by atoms with E-state index in [4.69, 9.17) is 4.74 Å². The highest BCUT2D eigenvalue weighted by molar-refractivity contribution is 8.00. The van der Waals surface area contributed by atoms with Gasteiger partial charge in [-0.2, -0.15) is 0 Å². The summed E-state index contributed by atoms with van der Waals surface area (Å²) in [5, 5.41) is 22.0. The van der Waals surface area contributed by atoms with Crippen LogP contribution in [0.4, 0.5) is 0 Å². The lowest BCUT2D eigenvalue weighted by atomic mass is 9.92. The lowest BCUT2D eigenvalue weighted by molar-refractivity contribution is -0.0140. The van der Waals surface area contributed by atoms with Crippen LogP contribution in [0.2, 0.25) is 0 Å². The molecule has 1 aromatic heterocycles. The Morgan fingerprint density at radius 3 is 3.00 bits per heavy atom. The maximum absolute atomic E-state index is 10.3. The molecule has 1 fully saturated rings. The van der Waals surface area contributed by atoms with Gasteiger partial charge in [0.15, 0.2) is 0 Å². The largest absolute Gasteiger partial charge is 0.395 e. The van der Waals surface area contributed by atoms with Crippen LogP contribution >= 0.6 is 23.1 Å². The Morgan fingerprint density at radius 1 is 1.38 bits per heavy atom. The molecule has 0 amide bonds. The Hall–Kier alpha value is -0.850. The summed E-state index contributed by atoms with van der Waals surface area (Å²) in [4.78, 5) is 0.855. The summed E-state index contributed by atoms with van der Waals surface area (Å²) < 4.78 is 6.19. The molecule has 2 aliphatic heterocycles. The molecule has 1 saturated heterocycles. The maximum atomic E-state index is 10.3. The van der Waals surface area contributed by atoms with E-state index in [1.165, 1.54) is 27.1 Å². The van der Waals surface area contributed by atoms with Crippen LogP contribution in [0.1, 0.15) is 40.0 Å². The first-order chi connectivity index (χ1) is 11.6. The van der Waals surface area contributed by atoms with Gasteiger partial charge in [0.05, 0.1) is 19.3 Å². The van der Waals surface area contributed by atoms with Crippen molar-refractivity contribution in [2.45, 2.75) is 49.1 Å². The molecule has 5 heteroatoms. The average molecular weight is 363 g/mol. The molecular weight excluding hydrogens is 340 g/mol.